The van der Waals surface area contributed by atoms with Crippen molar-refractivity contribution in [2.45, 2.75) is 19.3 Å². The third-order valence-corrected chi connectivity index (χ3v) is 11.9. The molecule has 0 spiro atoms. The summed E-state index contributed by atoms with van der Waals surface area (Å²) in [5.74, 6) is 4.74. The molecule has 2 aliphatic heterocycles. The van der Waals surface area contributed by atoms with Gasteiger partial charge >= 0.3 is 0 Å². The molecule has 0 saturated carbocycles. The number of ether oxygens (including phenoxy) is 9. The zero-order chi connectivity index (χ0) is 54.5. The van der Waals surface area contributed by atoms with Gasteiger partial charge in [0.1, 0.15) is 55.4 Å². The van der Waals surface area contributed by atoms with Gasteiger partial charge in [-0.3, -0.25) is 14.6 Å². The summed E-state index contributed by atoms with van der Waals surface area (Å²) in [5.41, 5.74) is 2.77. The number of rotatable bonds is 28. The maximum atomic E-state index is 11.9. The van der Waals surface area contributed by atoms with Crippen LogP contribution in [0.5, 0.6) is 28.7 Å². The lowest BCUT2D eigenvalue weighted by molar-refractivity contribution is -0.111. The van der Waals surface area contributed by atoms with E-state index in [0.717, 1.165) is 112 Å². The highest BCUT2D eigenvalue weighted by atomic mass is 16.6. The number of carbonyl (C=O) groups excluding carboxylic acids is 1. The molecule has 0 unspecified atom stereocenters. The van der Waals surface area contributed by atoms with Crippen molar-refractivity contribution in [1.29, 1.82) is 0 Å². The molecule has 8 rings (SSSR count). The van der Waals surface area contributed by atoms with Crippen molar-refractivity contribution in [2.24, 2.45) is 0 Å². The molecule has 2 saturated heterocycles. The summed E-state index contributed by atoms with van der Waals surface area (Å²) in [6.07, 6.45) is 9.37. The van der Waals surface area contributed by atoms with Crippen molar-refractivity contribution in [1.82, 2.24) is 39.7 Å². The van der Waals surface area contributed by atoms with Crippen LogP contribution < -0.4 is 45.0 Å². The number of aromatic nitrogens is 6. The summed E-state index contributed by atoms with van der Waals surface area (Å²) in [4.78, 5) is 42.2. The Morgan fingerprint density at radius 1 is 0.545 bits per heavy atom. The first kappa shape index (κ1) is 59.5. The Labute approximate surface area is 454 Å². The molecule has 2 aliphatic rings. The van der Waals surface area contributed by atoms with Gasteiger partial charge in [0, 0.05) is 81.3 Å². The SMILES string of the molecule is [B]CNc1ncnc2cc(OC)c(OCCCN3CCOCC3)cc12.[B]CNc1ncnc2cc(OCCCCN3CCOCC3)c(NC(=O)C=C)cc12.[B]CNc1ncnc2cc(OCCOC)c(OCCOC)cc12. The standard InChI is InChI=1S/C20H26BN5O3.C17H23BN4O3.C15H20BN3O4/c1-2-19(27)25-17-11-15-16(23-14-24-20(15)22-13-21)12-18(17)29-8-4-3-5-26-6-9-28-10-7-26;1-23-15-10-14-13(17(19-11-18)21-12-20-14)9-16(15)25-6-2-3-22-4-7-24-8-5-22;1-20-3-5-22-13-7-11-12(8-14(13)23-6-4-21-2)18-10-19-15(11)17-9-16/h2,11-12,14H,1,3-10,13H2,(H,25,27)(H,22,23,24);9-10,12H,2-8,11H2,1H3,(H,19,20,21);7-8,10H,3-6,9H2,1-2H3,(H,17,18,19). The number of nitrogens with zero attached hydrogens (tertiary/aromatic N) is 8. The van der Waals surface area contributed by atoms with Gasteiger partial charge in [-0.15, -0.1) is 0 Å². The molecule has 22 nitrogen and oxygen atoms in total. The van der Waals surface area contributed by atoms with Crippen LogP contribution >= 0.6 is 0 Å². The second-order valence-corrected chi connectivity index (χ2v) is 17.1. The second kappa shape index (κ2) is 33.4. The highest BCUT2D eigenvalue weighted by Crippen LogP contribution is 2.36. The minimum Gasteiger partial charge on any atom is -0.493 e. The number of hydrogen-bond acceptors (Lipinski definition) is 21. The Balaban J connectivity index is 0.000000189. The lowest BCUT2D eigenvalue weighted by Crippen LogP contribution is -2.37. The molecular formula is C52H69B3N12O10. The van der Waals surface area contributed by atoms with Gasteiger partial charge in [0.2, 0.25) is 5.91 Å². The van der Waals surface area contributed by atoms with Crippen LogP contribution in [0.25, 0.3) is 32.7 Å². The van der Waals surface area contributed by atoms with E-state index in [1.165, 1.54) is 25.1 Å². The van der Waals surface area contributed by atoms with Crippen LogP contribution in [0.3, 0.4) is 0 Å². The van der Waals surface area contributed by atoms with Crippen LogP contribution in [-0.2, 0) is 23.7 Å². The first-order chi connectivity index (χ1) is 37.8. The molecule has 406 valence electrons. The van der Waals surface area contributed by atoms with Crippen LogP contribution in [-0.4, -0.2) is 215 Å². The average molecular weight is 1050 g/mol. The minimum absolute atomic E-state index is 0.238. The maximum Gasteiger partial charge on any atom is 0.247 e. The second-order valence-electron chi connectivity index (χ2n) is 17.1. The zero-order valence-electron chi connectivity index (χ0n) is 44.4. The lowest BCUT2D eigenvalue weighted by atomic mass is 10.1. The van der Waals surface area contributed by atoms with Crippen LogP contribution in [0.4, 0.5) is 23.1 Å². The fourth-order valence-corrected chi connectivity index (χ4v) is 8.03. The molecule has 2 fully saturated rings. The van der Waals surface area contributed by atoms with Gasteiger partial charge in [-0.1, -0.05) is 6.58 Å². The fourth-order valence-electron chi connectivity index (χ4n) is 8.03. The molecular weight excluding hydrogens is 985 g/mol. The minimum atomic E-state index is -0.313. The van der Waals surface area contributed by atoms with Crippen molar-refractivity contribution in [2.75, 3.05) is 167 Å². The zero-order valence-corrected chi connectivity index (χ0v) is 44.4. The largest absolute Gasteiger partial charge is 0.493 e. The summed E-state index contributed by atoms with van der Waals surface area (Å²) in [6.45, 7) is 15.7. The third kappa shape index (κ3) is 18.7. The normalized spacial score (nSPS) is 13.6. The molecule has 25 heteroatoms. The number of nitrogens with one attached hydrogen (secondary N) is 4. The van der Waals surface area contributed by atoms with Gasteiger partial charge in [-0.25, -0.2) is 29.9 Å². The number of fused-ring (bicyclic) bond motifs is 3. The molecule has 0 atom stereocenters. The molecule has 77 heavy (non-hydrogen) atoms. The van der Waals surface area contributed by atoms with Crippen LogP contribution in [0.2, 0.25) is 0 Å². The van der Waals surface area contributed by atoms with Gasteiger partial charge in [-0.2, -0.15) is 0 Å². The number of carbonyl (C=O) groups is 1. The van der Waals surface area contributed by atoms with Crippen molar-refractivity contribution >= 4 is 85.3 Å². The van der Waals surface area contributed by atoms with Crippen LogP contribution in [0, 0.1) is 0 Å². The molecule has 6 radical (unpaired) electrons. The van der Waals surface area contributed by atoms with E-state index in [0.29, 0.717) is 103 Å². The Bertz CT molecular complexity index is 2740. The predicted octanol–water partition coefficient (Wildman–Crippen LogP) is 4.28. The number of amides is 1. The molecule has 0 aliphatic carbocycles. The van der Waals surface area contributed by atoms with E-state index in [2.05, 4.69) is 67.5 Å². The number of morpholine rings is 2. The summed E-state index contributed by atoms with van der Waals surface area (Å²) in [7, 11) is 21.6. The van der Waals surface area contributed by atoms with Crippen molar-refractivity contribution < 1.29 is 47.4 Å². The van der Waals surface area contributed by atoms with Gasteiger partial charge < -0.3 is 63.9 Å². The highest BCUT2D eigenvalue weighted by Gasteiger charge is 2.17. The molecule has 5 heterocycles. The third-order valence-electron chi connectivity index (χ3n) is 11.9. The summed E-state index contributed by atoms with van der Waals surface area (Å²) in [6, 6.07) is 11.0. The molecule has 4 N–H and O–H groups in total. The number of benzene rings is 3. The Morgan fingerprint density at radius 2 is 0.961 bits per heavy atom. The average Bonchev–Trinajstić information content (AvgIpc) is 3.46. The van der Waals surface area contributed by atoms with Crippen LogP contribution in [0.1, 0.15) is 19.3 Å². The first-order valence-electron chi connectivity index (χ1n) is 25.6. The summed E-state index contributed by atoms with van der Waals surface area (Å²) < 4.78 is 49.6. The van der Waals surface area contributed by atoms with Gasteiger partial charge in [0.25, 0.3) is 0 Å². The Hall–Kier alpha value is -6.76. The summed E-state index contributed by atoms with van der Waals surface area (Å²) >= 11 is 0. The van der Waals surface area contributed by atoms with Gasteiger partial charge in [-0.05, 0) is 69.4 Å². The van der Waals surface area contributed by atoms with Crippen molar-refractivity contribution in [3.63, 3.8) is 0 Å². The number of anilines is 4. The first-order valence-corrected chi connectivity index (χ1v) is 25.6. The van der Waals surface area contributed by atoms with E-state index in [-0.39, 0.29) is 18.8 Å². The maximum absolute atomic E-state index is 11.9. The lowest BCUT2D eigenvalue weighted by Gasteiger charge is -2.26. The number of methoxy groups -OCH3 is 3. The van der Waals surface area contributed by atoms with E-state index < -0.39 is 0 Å². The number of unbranched alkanes of at least 4 members (excludes halogenated alkanes) is 1. The molecule has 3 aromatic carbocycles. The van der Waals surface area contributed by atoms with Gasteiger partial charge in [0.15, 0.2) is 23.0 Å². The van der Waals surface area contributed by atoms with Crippen LogP contribution in [0.15, 0.2) is 68.0 Å². The predicted molar refractivity (Wildman–Crippen MR) is 301 cm³/mol. The fraction of sp³-hybridized carbons (Fsp3) is 0.481. The van der Waals surface area contributed by atoms with Crippen molar-refractivity contribution in [3.8, 4) is 28.7 Å². The van der Waals surface area contributed by atoms with E-state index >= 15 is 0 Å². The topological polar surface area (TPSA) is 232 Å². The molecule has 6 aromatic rings. The molecule has 1 amide bonds. The Morgan fingerprint density at radius 3 is 1.44 bits per heavy atom. The van der Waals surface area contributed by atoms with E-state index in [4.69, 9.17) is 66.2 Å². The molecule has 0 bridgehead atoms. The van der Waals surface area contributed by atoms with Gasteiger partial charge in [0.05, 0.1) is 106 Å². The van der Waals surface area contributed by atoms with E-state index in [1.807, 2.05) is 24.3 Å². The monoisotopic (exact) mass is 1050 g/mol. The van der Waals surface area contributed by atoms with E-state index in [1.54, 1.807) is 33.5 Å². The summed E-state index contributed by atoms with van der Waals surface area (Å²) in [5, 5.41) is 14.2. The Kier molecular flexibility index (Phi) is 25.8. The van der Waals surface area contributed by atoms with Crippen molar-refractivity contribution in [3.05, 3.63) is 68.0 Å². The molecule has 3 aromatic heterocycles. The number of hydrogen-bond donors (Lipinski definition) is 4. The highest BCUT2D eigenvalue weighted by molar-refractivity contribution is 6.11. The smallest absolute Gasteiger partial charge is 0.247 e. The van der Waals surface area contributed by atoms with E-state index in [9.17, 15) is 4.79 Å². The quantitative estimate of drug-likeness (QED) is 0.0305.